The summed E-state index contributed by atoms with van der Waals surface area (Å²) < 4.78 is 17.0. The maximum absolute atomic E-state index is 5.65. The van der Waals surface area contributed by atoms with Crippen LogP contribution in [0.2, 0.25) is 0 Å². The van der Waals surface area contributed by atoms with Crippen LogP contribution in [0.4, 0.5) is 0 Å². The van der Waals surface area contributed by atoms with Crippen LogP contribution < -0.4 is 0 Å². The van der Waals surface area contributed by atoms with Gasteiger partial charge in [0.05, 0.1) is 5.92 Å². The Bertz CT molecular complexity index is 458. The van der Waals surface area contributed by atoms with Gasteiger partial charge in [0.15, 0.2) is 0 Å². The summed E-state index contributed by atoms with van der Waals surface area (Å²) >= 11 is 0. The molecular weight excluding hydrogens is 300 g/mol. The number of methoxy groups -OCH3 is 3. The Morgan fingerprint density at radius 2 is 1.62 bits per heavy atom. The lowest BCUT2D eigenvalue weighted by atomic mass is 9.89. The van der Waals surface area contributed by atoms with Crippen LogP contribution in [-0.4, -0.2) is 27.3 Å². The van der Waals surface area contributed by atoms with Crippen LogP contribution >= 0.6 is 0 Å². The van der Waals surface area contributed by atoms with Gasteiger partial charge in [0, 0.05) is 21.3 Å². The third-order valence-corrected chi connectivity index (χ3v) is 4.68. The van der Waals surface area contributed by atoms with E-state index in [2.05, 4.69) is 25.6 Å². The molecule has 3 heteroatoms. The highest BCUT2D eigenvalue weighted by atomic mass is 16.9. The van der Waals surface area contributed by atoms with Crippen LogP contribution in [0.15, 0.2) is 30.8 Å². The van der Waals surface area contributed by atoms with E-state index in [1.165, 1.54) is 32.1 Å². The molecule has 0 spiro atoms. The molecule has 0 amide bonds. The maximum Gasteiger partial charge on any atom is 0.289 e. The highest BCUT2D eigenvalue weighted by Crippen LogP contribution is 2.37. The van der Waals surface area contributed by atoms with Gasteiger partial charge in [-0.2, -0.15) is 0 Å². The molecule has 1 unspecified atom stereocenters. The molecule has 0 fully saturated rings. The first-order valence-electron chi connectivity index (χ1n) is 9.05. The van der Waals surface area contributed by atoms with Crippen LogP contribution in [0.5, 0.6) is 0 Å². The largest absolute Gasteiger partial charge is 0.330 e. The van der Waals surface area contributed by atoms with Crippen LogP contribution in [0.25, 0.3) is 6.08 Å². The minimum absolute atomic E-state index is 0.0172. The van der Waals surface area contributed by atoms with Crippen molar-refractivity contribution in [1.29, 1.82) is 0 Å². The van der Waals surface area contributed by atoms with Crippen LogP contribution in [0.3, 0.4) is 0 Å². The van der Waals surface area contributed by atoms with Crippen LogP contribution in [0.1, 0.15) is 68.9 Å². The van der Waals surface area contributed by atoms with Crippen LogP contribution in [-0.2, 0) is 14.2 Å². The molecule has 136 valence electrons. The molecule has 3 nitrogen and oxygen atoms in total. The van der Waals surface area contributed by atoms with Crippen molar-refractivity contribution >= 4 is 6.08 Å². The number of hydrogen-bond donors (Lipinski definition) is 0. The molecular formula is C21H34O3. The molecule has 0 radical (unpaired) electrons. The first-order chi connectivity index (χ1) is 11.7. The minimum atomic E-state index is -1.05. The second-order valence-electron chi connectivity index (χ2n) is 6.20. The summed E-state index contributed by atoms with van der Waals surface area (Å²) in [5.41, 5.74) is 2.25. The highest BCUT2D eigenvalue weighted by Gasteiger charge is 2.40. The molecule has 1 atom stereocenters. The van der Waals surface area contributed by atoms with Crippen molar-refractivity contribution in [2.75, 3.05) is 21.3 Å². The topological polar surface area (TPSA) is 27.7 Å². The Morgan fingerprint density at radius 1 is 1.00 bits per heavy atom. The lowest BCUT2D eigenvalue weighted by molar-refractivity contribution is -0.365. The van der Waals surface area contributed by atoms with Crippen molar-refractivity contribution < 1.29 is 14.2 Å². The van der Waals surface area contributed by atoms with Gasteiger partial charge in [0.2, 0.25) is 0 Å². The molecule has 0 aliphatic carbocycles. The molecule has 1 rings (SSSR count). The number of rotatable bonds is 13. The predicted octanol–water partition coefficient (Wildman–Crippen LogP) is 5.76. The predicted molar refractivity (Wildman–Crippen MR) is 101 cm³/mol. The fraction of sp³-hybridized carbons (Fsp3) is 0.619. The number of ether oxygens (including phenoxy) is 3. The normalized spacial score (nSPS) is 13.0. The zero-order valence-corrected chi connectivity index (χ0v) is 15.8. The summed E-state index contributed by atoms with van der Waals surface area (Å²) in [4.78, 5) is 0. The van der Waals surface area contributed by atoms with Crippen molar-refractivity contribution in [1.82, 2.24) is 0 Å². The van der Waals surface area contributed by atoms with Crippen molar-refractivity contribution in [2.24, 2.45) is 0 Å². The van der Waals surface area contributed by atoms with Gasteiger partial charge in [-0.1, -0.05) is 82.4 Å². The third-order valence-electron chi connectivity index (χ3n) is 4.68. The molecule has 0 heterocycles. The second-order valence-corrected chi connectivity index (χ2v) is 6.20. The fourth-order valence-corrected chi connectivity index (χ4v) is 3.26. The monoisotopic (exact) mass is 334 g/mol. The molecule has 0 saturated heterocycles. The molecule has 0 saturated carbocycles. The fourth-order valence-electron chi connectivity index (χ4n) is 3.26. The van der Waals surface area contributed by atoms with E-state index in [-0.39, 0.29) is 5.92 Å². The van der Waals surface area contributed by atoms with E-state index in [9.17, 15) is 0 Å². The lowest BCUT2D eigenvalue weighted by Crippen LogP contribution is -2.42. The standard InChI is InChI=1S/C21H34O3/c1-6-8-9-10-11-12-16-20(21(22-3,23-4)24-5)19-15-13-14-18(7-2)17-19/h7,13-15,17,20H,2,6,8-12,16H2,1,3-5H3. The lowest BCUT2D eigenvalue weighted by Gasteiger charge is -2.37. The van der Waals surface area contributed by atoms with Gasteiger partial charge in [-0.05, 0) is 17.5 Å². The minimum Gasteiger partial charge on any atom is -0.330 e. The maximum atomic E-state index is 5.65. The summed E-state index contributed by atoms with van der Waals surface area (Å²) in [5, 5.41) is 0. The molecule has 0 aromatic heterocycles. The van der Waals surface area contributed by atoms with Gasteiger partial charge in [0.1, 0.15) is 0 Å². The van der Waals surface area contributed by atoms with Crippen LogP contribution in [0, 0.1) is 0 Å². The number of hydrogen-bond acceptors (Lipinski definition) is 3. The Kier molecular flexibility index (Phi) is 9.92. The van der Waals surface area contributed by atoms with Crippen molar-refractivity contribution in [2.45, 2.75) is 63.8 Å². The van der Waals surface area contributed by atoms with Crippen molar-refractivity contribution in [3.63, 3.8) is 0 Å². The zero-order valence-electron chi connectivity index (χ0n) is 15.8. The van der Waals surface area contributed by atoms with Gasteiger partial charge >= 0.3 is 0 Å². The molecule has 24 heavy (non-hydrogen) atoms. The number of unbranched alkanes of at least 4 members (excludes halogenated alkanes) is 5. The quantitative estimate of drug-likeness (QED) is 0.339. The van der Waals surface area contributed by atoms with Gasteiger partial charge in [0.25, 0.3) is 5.97 Å². The van der Waals surface area contributed by atoms with Gasteiger partial charge in [-0.25, -0.2) is 0 Å². The molecule has 0 bridgehead atoms. The molecule has 1 aromatic carbocycles. The summed E-state index contributed by atoms with van der Waals surface area (Å²) in [6.45, 7) is 6.11. The van der Waals surface area contributed by atoms with Gasteiger partial charge in [-0.15, -0.1) is 0 Å². The summed E-state index contributed by atoms with van der Waals surface area (Å²) in [5.74, 6) is -1.04. The smallest absolute Gasteiger partial charge is 0.289 e. The first kappa shape index (κ1) is 20.9. The second kappa shape index (κ2) is 11.4. The Morgan fingerprint density at radius 3 is 2.21 bits per heavy atom. The van der Waals surface area contributed by atoms with Crippen molar-refractivity contribution in [3.05, 3.63) is 42.0 Å². The van der Waals surface area contributed by atoms with E-state index < -0.39 is 5.97 Å². The first-order valence-corrected chi connectivity index (χ1v) is 9.05. The highest BCUT2D eigenvalue weighted by molar-refractivity contribution is 5.48. The van der Waals surface area contributed by atoms with Crippen molar-refractivity contribution in [3.8, 4) is 0 Å². The molecule has 0 N–H and O–H groups in total. The van der Waals surface area contributed by atoms with Gasteiger partial charge in [-0.3, -0.25) is 0 Å². The van der Waals surface area contributed by atoms with E-state index in [4.69, 9.17) is 14.2 Å². The van der Waals surface area contributed by atoms with E-state index in [0.29, 0.717) is 0 Å². The SMILES string of the molecule is C=Cc1cccc(C(CCCCCCCC)C(OC)(OC)OC)c1. The average molecular weight is 334 g/mol. The van der Waals surface area contributed by atoms with E-state index >= 15 is 0 Å². The third kappa shape index (κ3) is 5.73. The Hall–Kier alpha value is -1.16. The summed E-state index contributed by atoms with van der Waals surface area (Å²) in [7, 11) is 4.91. The summed E-state index contributed by atoms with van der Waals surface area (Å²) in [6.07, 6.45) is 10.4. The molecule has 1 aromatic rings. The van der Waals surface area contributed by atoms with E-state index in [0.717, 1.165) is 24.0 Å². The molecule has 0 aliphatic heterocycles. The Balaban J connectivity index is 2.88. The average Bonchev–Trinajstić information content (AvgIpc) is 2.64. The molecule has 0 aliphatic rings. The van der Waals surface area contributed by atoms with Gasteiger partial charge < -0.3 is 14.2 Å². The van der Waals surface area contributed by atoms with E-state index in [1.54, 1.807) is 21.3 Å². The Labute approximate surface area is 148 Å². The summed E-state index contributed by atoms with van der Waals surface area (Å²) in [6, 6.07) is 8.35. The van der Waals surface area contributed by atoms with E-state index in [1.807, 2.05) is 18.2 Å². The zero-order chi connectivity index (χ0) is 17.8. The number of benzene rings is 1.